The molecular weight excluding hydrogens is 424 g/mol. The van der Waals surface area contributed by atoms with Crippen LogP contribution in [-0.4, -0.2) is 39.4 Å². The Kier molecular flexibility index (Phi) is 8.02. The molecule has 0 spiro atoms. The van der Waals surface area contributed by atoms with Crippen molar-refractivity contribution in [1.82, 2.24) is 5.43 Å². The number of hydrazone groups is 1. The van der Waals surface area contributed by atoms with Crippen LogP contribution in [0.15, 0.2) is 71.8 Å². The Bertz CT molecular complexity index is 1140. The number of nitrogens with one attached hydrogen (secondary N) is 1. The van der Waals surface area contributed by atoms with Gasteiger partial charge in [-0.25, -0.2) is 10.2 Å². The number of carbonyl (C=O) groups excluding carboxylic acids is 2. The van der Waals surface area contributed by atoms with Gasteiger partial charge in [0.25, 0.3) is 0 Å². The van der Waals surface area contributed by atoms with Crippen LogP contribution in [0.1, 0.15) is 21.5 Å². The summed E-state index contributed by atoms with van der Waals surface area (Å²) in [5, 5.41) is 3.97. The van der Waals surface area contributed by atoms with Crippen LogP contribution in [0.3, 0.4) is 0 Å². The van der Waals surface area contributed by atoms with E-state index in [4.69, 9.17) is 18.9 Å². The van der Waals surface area contributed by atoms with Crippen LogP contribution in [-0.2, 0) is 11.2 Å². The largest absolute Gasteiger partial charge is 0.493 e. The molecule has 8 heteroatoms. The van der Waals surface area contributed by atoms with Gasteiger partial charge in [-0.1, -0.05) is 30.3 Å². The molecule has 33 heavy (non-hydrogen) atoms. The van der Waals surface area contributed by atoms with E-state index in [1.165, 1.54) is 33.6 Å². The zero-order valence-corrected chi connectivity index (χ0v) is 18.5. The van der Waals surface area contributed by atoms with Crippen molar-refractivity contribution in [2.75, 3.05) is 21.3 Å². The smallest absolute Gasteiger partial charge is 0.343 e. The number of benzene rings is 3. The first kappa shape index (κ1) is 23.3. The van der Waals surface area contributed by atoms with Gasteiger partial charge in [-0.05, 0) is 47.5 Å². The molecule has 0 fully saturated rings. The van der Waals surface area contributed by atoms with Gasteiger partial charge in [-0.3, -0.25) is 4.79 Å². The van der Waals surface area contributed by atoms with Crippen LogP contribution in [0.2, 0.25) is 0 Å². The summed E-state index contributed by atoms with van der Waals surface area (Å²) >= 11 is 0. The van der Waals surface area contributed by atoms with Crippen LogP contribution in [0.4, 0.5) is 0 Å². The molecule has 170 valence electrons. The van der Waals surface area contributed by atoms with Crippen molar-refractivity contribution in [3.63, 3.8) is 0 Å². The predicted octanol–water partition coefficient (Wildman–Crippen LogP) is 3.62. The predicted molar refractivity (Wildman–Crippen MR) is 123 cm³/mol. The summed E-state index contributed by atoms with van der Waals surface area (Å²) < 4.78 is 21.2. The maximum Gasteiger partial charge on any atom is 0.343 e. The number of methoxy groups -OCH3 is 3. The highest BCUT2D eigenvalue weighted by molar-refractivity contribution is 5.92. The Morgan fingerprint density at radius 3 is 2.18 bits per heavy atom. The SMILES string of the molecule is COc1ccc(C(=O)Oc2ccc(/C=N\NC(=O)Cc3ccccc3)cc2OC)cc1OC. The summed E-state index contributed by atoms with van der Waals surface area (Å²) in [6, 6.07) is 19.0. The molecule has 0 radical (unpaired) electrons. The molecule has 0 aliphatic rings. The van der Waals surface area contributed by atoms with E-state index in [1.54, 1.807) is 30.3 Å². The fourth-order valence-corrected chi connectivity index (χ4v) is 2.97. The van der Waals surface area contributed by atoms with Gasteiger partial charge >= 0.3 is 5.97 Å². The third-order valence-corrected chi connectivity index (χ3v) is 4.62. The van der Waals surface area contributed by atoms with Gasteiger partial charge < -0.3 is 18.9 Å². The molecule has 0 atom stereocenters. The molecule has 0 aliphatic carbocycles. The lowest BCUT2D eigenvalue weighted by atomic mass is 10.1. The van der Waals surface area contributed by atoms with Crippen molar-refractivity contribution < 1.29 is 28.5 Å². The number of esters is 1. The van der Waals surface area contributed by atoms with E-state index in [1.807, 2.05) is 30.3 Å². The van der Waals surface area contributed by atoms with E-state index < -0.39 is 5.97 Å². The minimum atomic E-state index is -0.580. The molecule has 0 aliphatic heterocycles. The summed E-state index contributed by atoms with van der Waals surface area (Å²) in [5.41, 5.74) is 4.33. The molecule has 3 aromatic carbocycles. The number of ether oxygens (including phenoxy) is 4. The van der Waals surface area contributed by atoms with Crippen LogP contribution in [0.25, 0.3) is 0 Å². The highest BCUT2D eigenvalue weighted by atomic mass is 16.6. The first-order chi connectivity index (χ1) is 16.0. The highest BCUT2D eigenvalue weighted by Crippen LogP contribution is 2.31. The maximum atomic E-state index is 12.6. The number of amides is 1. The molecule has 1 N–H and O–H groups in total. The van der Waals surface area contributed by atoms with Crippen LogP contribution < -0.4 is 24.4 Å². The van der Waals surface area contributed by atoms with Crippen molar-refractivity contribution in [2.24, 2.45) is 5.10 Å². The van der Waals surface area contributed by atoms with Crippen molar-refractivity contribution in [1.29, 1.82) is 0 Å². The van der Waals surface area contributed by atoms with Crippen molar-refractivity contribution in [3.8, 4) is 23.0 Å². The summed E-state index contributed by atoms with van der Waals surface area (Å²) in [7, 11) is 4.46. The Morgan fingerprint density at radius 2 is 1.48 bits per heavy atom. The van der Waals surface area contributed by atoms with Crippen LogP contribution in [0, 0.1) is 0 Å². The quantitative estimate of drug-likeness (QED) is 0.233. The number of rotatable bonds is 9. The van der Waals surface area contributed by atoms with Gasteiger partial charge in [0.2, 0.25) is 5.91 Å². The molecule has 0 aromatic heterocycles. The Morgan fingerprint density at radius 1 is 0.818 bits per heavy atom. The van der Waals surface area contributed by atoms with E-state index in [-0.39, 0.29) is 18.1 Å². The third kappa shape index (κ3) is 6.33. The van der Waals surface area contributed by atoms with E-state index >= 15 is 0 Å². The van der Waals surface area contributed by atoms with E-state index in [2.05, 4.69) is 10.5 Å². The van der Waals surface area contributed by atoms with E-state index in [0.29, 0.717) is 28.4 Å². The van der Waals surface area contributed by atoms with Crippen molar-refractivity contribution in [2.45, 2.75) is 6.42 Å². The van der Waals surface area contributed by atoms with Crippen molar-refractivity contribution in [3.05, 3.63) is 83.4 Å². The minimum absolute atomic E-state index is 0.229. The molecule has 3 rings (SSSR count). The Hall–Kier alpha value is -4.33. The topological polar surface area (TPSA) is 95.5 Å². The fourth-order valence-electron chi connectivity index (χ4n) is 2.97. The number of hydrogen-bond donors (Lipinski definition) is 1. The maximum absolute atomic E-state index is 12.6. The van der Waals surface area contributed by atoms with Crippen LogP contribution >= 0.6 is 0 Å². The average Bonchev–Trinajstić information content (AvgIpc) is 2.84. The standard InChI is InChI=1S/C25H24N2O6/c1-30-20-12-10-19(15-23(20)32-3)25(29)33-21-11-9-18(13-22(21)31-2)16-26-27-24(28)14-17-7-5-4-6-8-17/h4-13,15-16H,14H2,1-3H3,(H,27,28)/b26-16-. The molecule has 0 saturated heterocycles. The molecule has 0 bridgehead atoms. The molecular formula is C25H24N2O6. The van der Waals surface area contributed by atoms with Gasteiger partial charge in [-0.15, -0.1) is 0 Å². The monoisotopic (exact) mass is 448 g/mol. The molecule has 1 amide bonds. The van der Waals surface area contributed by atoms with E-state index in [9.17, 15) is 9.59 Å². The second kappa shape index (κ2) is 11.3. The van der Waals surface area contributed by atoms with E-state index in [0.717, 1.165) is 5.56 Å². The molecule has 0 heterocycles. The highest BCUT2D eigenvalue weighted by Gasteiger charge is 2.15. The fraction of sp³-hybridized carbons (Fsp3) is 0.160. The summed E-state index contributed by atoms with van der Waals surface area (Å²) in [6.45, 7) is 0. The summed E-state index contributed by atoms with van der Waals surface area (Å²) in [5.74, 6) is 0.686. The normalized spacial score (nSPS) is 10.5. The third-order valence-electron chi connectivity index (χ3n) is 4.62. The average molecular weight is 448 g/mol. The lowest BCUT2D eigenvalue weighted by Gasteiger charge is -2.11. The minimum Gasteiger partial charge on any atom is -0.493 e. The zero-order valence-electron chi connectivity index (χ0n) is 18.5. The van der Waals surface area contributed by atoms with Gasteiger partial charge in [0, 0.05) is 0 Å². The lowest BCUT2D eigenvalue weighted by Crippen LogP contribution is -2.19. The molecule has 8 nitrogen and oxygen atoms in total. The number of nitrogens with zero attached hydrogens (tertiary/aromatic N) is 1. The van der Waals surface area contributed by atoms with Crippen molar-refractivity contribution >= 4 is 18.1 Å². The zero-order chi connectivity index (χ0) is 23.6. The first-order valence-electron chi connectivity index (χ1n) is 10.0. The number of hydrogen-bond acceptors (Lipinski definition) is 7. The van der Waals surface area contributed by atoms with Gasteiger partial charge in [0.05, 0.1) is 39.5 Å². The Labute approximate surface area is 191 Å². The molecule has 3 aromatic rings. The molecule has 0 unspecified atom stereocenters. The van der Waals surface area contributed by atoms with Gasteiger partial charge in [-0.2, -0.15) is 5.10 Å². The van der Waals surface area contributed by atoms with Gasteiger partial charge in [0.1, 0.15) is 0 Å². The van der Waals surface area contributed by atoms with Gasteiger partial charge in [0.15, 0.2) is 23.0 Å². The second-order valence-corrected chi connectivity index (χ2v) is 6.83. The first-order valence-corrected chi connectivity index (χ1v) is 10.0. The summed E-state index contributed by atoms with van der Waals surface area (Å²) in [4.78, 5) is 24.6. The lowest BCUT2D eigenvalue weighted by molar-refractivity contribution is -0.120. The number of carbonyl (C=O) groups is 2. The molecule has 0 saturated carbocycles. The Balaban J connectivity index is 1.65. The van der Waals surface area contributed by atoms with Crippen LogP contribution in [0.5, 0.6) is 23.0 Å². The summed E-state index contributed by atoms with van der Waals surface area (Å²) in [6.07, 6.45) is 1.71. The second-order valence-electron chi connectivity index (χ2n) is 6.83.